The fourth-order valence-corrected chi connectivity index (χ4v) is 4.05. The van der Waals surface area contributed by atoms with Crippen LogP contribution >= 0.6 is 24.0 Å². The molecule has 29 heavy (non-hydrogen) atoms. The smallest absolute Gasteiger partial charge is 0.194 e. The van der Waals surface area contributed by atoms with E-state index in [4.69, 9.17) is 9.73 Å². The Morgan fingerprint density at radius 2 is 1.90 bits per heavy atom. The third-order valence-corrected chi connectivity index (χ3v) is 5.48. The van der Waals surface area contributed by atoms with Gasteiger partial charge in [0.1, 0.15) is 11.9 Å². The van der Waals surface area contributed by atoms with Gasteiger partial charge in [-0.3, -0.25) is 4.99 Å². The average Bonchev–Trinajstić information content (AvgIpc) is 3.20. The van der Waals surface area contributed by atoms with Crippen molar-refractivity contribution in [1.29, 1.82) is 0 Å². The zero-order valence-electron chi connectivity index (χ0n) is 17.8. The zero-order chi connectivity index (χ0) is 19.8. The topological polar surface area (TPSA) is 40.1 Å². The maximum atomic E-state index is 13.3. The predicted octanol–water partition coefficient (Wildman–Crippen LogP) is 4.05. The lowest BCUT2D eigenvalue weighted by Gasteiger charge is -2.38. The quantitative estimate of drug-likeness (QED) is 0.256. The van der Waals surface area contributed by atoms with Crippen LogP contribution in [0.3, 0.4) is 0 Å². The molecular formula is C22H36FIN4O. The number of nitrogens with zero attached hydrogens (tertiary/aromatic N) is 3. The van der Waals surface area contributed by atoms with Gasteiger partial charge in [-0.15, -0.1) is 24.0 Å². The number of hydrogen-bond acceptors (Lipinski definition) is 3. The summed E-state index contributed by atoms with van der Waals surface area (Å²) in [6.07, 6.45) is 5.07. The van der Waals surface area contributed by atoms with Crippen LogP contribution in [0.25, 0.3) is 0 Å². The van der Waals surface area contributed by atoms with Crippen molar-refractivity contribution >= 4 is 29.9 Å². The van der Waals surface area contributed by atoms with Gasteiger partial charge in [0.05, 0.1) is 12.6 Å². The van der Waals surface area contributed by atoms with Crippen LogP contribution in [0.15, 0.2) is 29.3 Å². The van der Waals surface area contributed by atoms with E-state index in [1.807, 2.05) is 12.1 Å². The van der Waals surface area contributed by atoms with E-state index in [9.17, 15) is 4.39 Å². The molecule has 7 heteroatoms. The first kappa shape index (κ1) is 24.3. The van der Waals surface area contributed by atoms with Crippen molar-refractivity contribution < 1.29 is 9.13 Å². The van der Waals surface area contributed by atoms with E-state index < -0.39 is 0 Å². The molecule has 1 aromatic carbocycles. The van der Waals surface area contributed by atoms with E-state index in [0.717, 1.165) is 44.1 Å². The minimum absolute atomic E-state index is 0. The minimum atomic E-state index is -0.215. The van der Waals surface area contributed by atoms with Crippen molar-refractivity contribution in [3.05, 3.63) is 35.6 Å². The summed E-state index contributed by atoms with van der Waals surface area (Å²) in [4.78, 5) is 9.72. The summed E-state index contributed by atoms with van der Waals surface area (Å²) in [5.74, 6) is 0.749. The number of morpholine rings is 1. The van der Waals surface area contributed by atoms with Gasteiger partial charge in [0.2, 0.25) is 0 Å². The monoisotopic (exact) mass is 518 g/mol. The number of unbranched alkanes of at least 4 members (excludes halogenated alkanes) is 1. The van der Waals surface area contributed by atoms with Crippen LogP contribution < -0.4 is 5.32 Å². The predicted molar refractivity (Wildman–Crippen MR) is 128 cm³/mol. The van der Waals surface area contributed by atoms with E-state index in [1.165, 1.54) is 51.0 Å². The van der Waals surface area contributed by atoms with E-state index in [2.05, 4.69) is 29.0 Å². The normalized spacial score (nSPS) is 23.1. The van der Waals surface area contributed by atoms with Gasteiger partial charge in [-0.05, 0) is 76.9 Å². The summed E-state index contributed by atoms with van der Waals surface area (Å²) in [5.41, 5.74) is 1.01. The molecule has 3 rings (SSSR count). The van der Waals surface area contributed by atoms with Crippen molar-refractivity contribution in [1.82, 2.24) is 15.1 Å². The fourth-order valence-electron chi connectivity index (χ4n) is 4.05. The third kappa shape index (κ3) is 7.68. The Kier molecular flexibility index (Phi) is 10.7. The van der Waals surface area contributed by atoms with E-state index in [-0.39, 0.29) is 42.0 Å². The first-order chi connectivity index (χ1) is 13.7. The maximum Gasteiger partial charge on any atom is 0.194 e. The number of rotatable bonds is 7. The Morgan fingerprint density at radius 1 is 1.17 bits per heavy atom. The summed E-state index contributed by atoms with van der Waals surface area (Å²) >= 11 is 0. The second-order valence-corrected chi connectivity index (χ2v) is 7.88. The molecule has 0 spiro atoms. The van der Waals surface area contributed by atoms with Crippen molar-refractivity contribution in [2.45, 2.75) is 51.7 Å². The lowest BCUT2D eigenvalue weighted by atomic mass is 10.1. The van der Waals surface area contributed by atoms with Crippen LogP contribution in [0.5, 0.6) is 0 Å². The van der Waals surface area contributed by atoms with Crippen LogP contribution in [0.1, 0.15) is 51.2 Å². The standard InChI is InChI=1S/C22H35FN4O.HI/c1-3-24-22(25-12-4-5-13-26-14-6-7-15-26)27-16-18(2)28-21(17-27)19-8-10-20(23)11-9-19;/h8-11,18,21H,3-7,12-17H2,1-2H3,(H,24,25);1H. The number of guanidine groups is 1. The molecule has 2 saturated heterocycles. The number of hydrogen-bond donors (Lipinski definition) is 1. The molecule has 1 N–H and O–H groups in total. The third-order valence-electron chi connectivity index (χ3n) is 5.48. The molecule has 2 aliphatic heterocycles. The lowest BCUT2D eigenvalue weighted by molar-refractivity contribution is -0.0605. The molecule has 2 heterocycles. The second kappa shape index (κ2) is 12.7. The molecule has 2 fully saturated rings. The minimum Gasteiger partial charge on any atom is -0.367 e. The molecule has 1 aromatic rings. The SMILES string of the molecule is CCNC(=NCCCCN1CCCC1)N1CC(C)OC(c2ccc(F)cc2)C1.I. The van der Waals surface area contributed by atoms with Crippen LogP contribution in [-0.2, 0) is 4.74 Å². The maximum absolute atomic E-state index is 13.3. The Morgan fingerprint density at radius 3 is 2.59 bits per heavy atom. The summed E-state index contributed by atoms with van der Waals surface area (Å²) in [6, 6.07) is 6.64. The Labute approximate surface area is 192 Å². The highest BCUT2D eigenvalue weighted by molar-refractivity contribution is 14.0. The first-order valence-electron chi connectivity index (χ1n) is 10.8. The molecule has 2 atom stereocenters. The molecule has 0 saturated carbocycles. The highest BCUT2D eigenvalue weighted by atomic mass is 127. The van der Waals surface area contributed by atoms with Crippen molar-refractivity contribution in [3.8, 4) is 0 Å². The highest BCUT2D eigenvalue weighted by Crippen LogP contribution is 2.25. The van der Waals surface area contributed by atoms with Crippen LogP contribution in [0.2, 0.25) is 0 Å². The van der Waals surface area contributed by atoms with Crippen molar-refractivity contribution in [2.75, 3.05) is 45.8 Å². The Balaban J connectivity index is 0.00000300. The number of ether oxygens (including phenoxy) is 1. The van der Waals surface area contributed by atoms with E-state index >= 15 is 0 Å². The highest BCUT2D eigenvalue weighted by Gasteiger charge is 2.28. The molecule has 0 radical (unpaired) electrons. The summed E-state index contributed by atoms with van der Waals surface area (Å²) < 4.78 is 19.4. The zero-order valence-corrected chi connectivity index (χ0v) is 20.1. The van der Waals surface area contributed by atoms with Gasteiger partial charge in [0.25, 0.3) is 0 Å². The lowest BCUT2D eigenvalue weighted by Crippen LogP contribution is -2.50. The summed E-state index contributed by atoms with van der Waals surface area (Å²) in [7, 11) is 0. The number of likely N-dealkylation sites (tertiary alicyclic amines) is 1. The van der Waals surface area contributed by atoms with Crippen molar-refractivity contribution in [2.24, 2.45) is 4.99 Å². The Bertz CT molecular complexity index is 622. The number of aliphatic imine (C=N–C) groups is 1. The summed E-state index contributed by atoms with van der Waals surface area (Å²) in [6.45, 7) is 11.2. The number of benzene rings is 1. The van der Waals surface area contributed by atoms with Gasteiger partial charge in [-0.1, -0.05) is 12.1 Å². The molecule has 0 bridgehead atoms. The molecule has 2 aliphatic rings. The van der Waals surface area contributed by atoms with Gasteiger partial charge >= 0.3 is 0 Å². The van der Waals surface area contributed by atoms with E-state index in [0.29, 0.717) is 0 Å². The first-order valence-corrected chi connectivity index (χ1v) is 10.8. The summed E-state index contributed by atoms with van der Waals surface area (Å²) in [5, 5.41) is 3.44. The number of halogens is 2. The molecule has 164 valence electrons. The Hall–Kier alpha value is -0.930. The molecule has 0 aromatic heterocycles. The molecular weight excluding hydrogens is 482 g/mol. The van der Waals surface area contributed by atoms with Gasteiger partial charge in [0, 0.05) is 19.6 Å². The fraction of sp³-hybridized carbons (Fsp3) is 0.682. The molecule has 5 nitrogen and oxygen atoms in total. The van der Waals surface area contributed by atoms with Gasteiger partial charge in [-0.2, -0.15) is 0 Å². The van der Waals surface area contributed by atoms with Crippen LogP contribution in [0, 0.1) is 5.82 Å². The molecule has 0 aliphatic carbocycles. The largest absolute Gasteiger partial charge is 0.367 e. The number of nitrogens with one attached hydrogen (secondary N) is 1. The van der Waals surface area contributed by atoms with Gasteiger partial charge in [0.15, 0.2) is 5.96 Å². The van der Waals surface area contributed by atoms with Gasteiger partial charge in [-0.25, -0.2) is 4.39 Å². The molecule has 0 amide bonds. The van der Waals surface area contributed by atoms with Gasteiger partial charge < -0.3 is 19.9 Å². The van der Waals surface area contributed by atoms with Crippen LogP contribution in [-0.4, -0.2) is 67.7 Å². The second-order valence-electron chi connectivity index (χ2n) is 7.88. The molecule has 2 unspecified atom stereocenters. The van der Waals surface area contributed by atoms with E-state index in [1.54, 1.807) is 0 Å². The van der Waals surface area contributed by atoms with Crippen LogP contribution in [0.4, 0.5) is 4.39 Å². The average molecular weight is 518 g/mol. The van der Waals surface area contributed by atoms with Crippen molar-refractivity contribution in [3.63, 3.8) is 0 Å².